The SMILES string of the molecule is COc1ccc(C(OCC2OC(n3cnc4c(=O)[nH]c(NC(C)=O)nc43)C(OC)C2O)(c2ccccc2)c2ccc(OC)cc2)cc1. The Labute approximate surface area is 270 Å². The van der Waals surface area contributed by atoms with Crippen LogP contribution in [0.5, 0.6) is 11.5 Å². The highest BCUT2D eigenvalue weighted by Crippen LogP contribution is 2.43. The van der Waals surface area contributed by atoms with Crippen LogP contribution >= 0.6 is 0 Å². The van der Waals surface area contributed by atoms with Crippen LogP contribution < -0.4 is 20.3 Å². The second-order valence-electron chi connectivity index (χ2n) is 11.0. The summed E-state index contributed by atoms with van der Waals surface area (Å²) in [6.07, 6.45) is -2.43. The zero-order chi connectivity index (χ0) is 33.1. The van der Waals surface area contributed by atoms with Crippen molar-refractivity contribution in [3.05, 3.63) is 112 Å². The molecule has 0 saturated carbocycles. The molecule has 0 bridgehead atoms. The zero-order valence-corrected chi connectivity index (χ0v) is 26.2. The number of imidazole rings is 1. The topological polar surface area (TPSA) is 159 Å². The van der Waals surface area contributed by atoms with Crippen molar-refractivity contribution in [1.29, 1.82) is 0 Å². The first-order chi connectivity index (χ1) is 22.8. The number of nitrogens with zero attached hydrogens (tertiary/aromatic N) is 3. The lowest BCUT2D eigenvalue weighted by Gasteiger charge is -2.37. The largest absolute Gasteiger partial charge is 0.497 e. The van der Waals surface area contributed by atoms with E-state index in [0.29, 0.717) is 11.5 Å². The lowest BCUT2D eigenvalue weighted by molar-refractivity contribution is -0.114. The van der Waals surface area contributed by atoms with E-state index in [-0.39, 0.29) is 23.7 Å². The Morgan fingerprint density at radius 1 is 0.957 bits per heavy atom. The summed E-state index contributed by atoms with van der Waals surface area (Å²) in [6, 6.07) is 25.0. The Morgan fingerprint density at radius 2 is 1.55 bits per heavy atom. The summed E-state index contributed by atoms with van der Waals surface area (Å²) in [6.45, 7) is 1.24. The van der Waals surface area contributed by atoms with Crippen LogP contribution in [-0.2, 0) is 24.6 Å². The second-order valence-corrected chi connectivity index (χ2v) is 11.0. The van der Waals surface area contributed by atoms with E-state index < -0.39 is 41.6 Å². The van der Waals surface area contributed by atoms with Gasteiger partial charge in [0.2, 0.25) is 11.9 Å². The molecule has 1 amide bonds. The van der Waals surface area contributed by atoms with Gasteiger partial charge in [0.25, 0.3) is 5.56 Å². The number of aromatic amines is 1. The van der Waals surface area contributed by atoms with Crippen LogP contribution in [0.25, 0.3) is 11.2 Å². The van der Waals surface area contributed by atoms with Crippen LogP contribution in [0.2, 0.25) is 0 Å². The first-order valence-electron chi connectivity index (χ1n) is 14.9. The summed E-state index contributed by atoms with van der Waals surface area (Å²) in [5.41, 5.74) is 0.969. The van der Waals surface area contributed by atoms with Crippen LogP contribution in [0.4, 0.5) is 5.95 Å². The van der Waals surface area contributed by atoms with E-state index in [0.717, 1.165) is 16.7 Å². The van der Waals surface area contributed by atoms with E-state index in [1.807, 2.05) is 78.9 Å². The molecule has 0 spiro atoms. The molecule has 244 valence electrons. The van der Waals surface area contributed by atoms with Crippen LogP contribution in [0.15, 0.2) is 90.0 Å². The van der Waals surface area contributed by atoms with E-state index in [4.69, 9.17) is 23.7 Å². The first-order valence-corrected chi connectivity index (χ1v) is 14.9. The van der Waals surface area contributed by atoms with Crippen molar-refractivity contribution >= 4 is 23.0 Å². The Hall–Kier alpha value is -5.08. The maximum absolute atomic E-state index is 12.7. The predicted octanol–water partition coefficient (Wildman–Crippen LogP) is 3.38. The van der Waals surface area contributed by atoms with Gasteiger partial charge in [0.1, 0.15) is 35.4 Å². The normalized spacial score (nSPS) is 19.5. The van der Waals surface area contributed by atoms with Crippen molar-refractivity contribution in [2.24, 2.45) is 0 Å². The third kappa shape index (κ3) is 5.97. The molecule has 0 radical (unpaired) electrons. The third-order valence-electron chi connectivity index (χ3n) is 8.22. The highest BCUT2D eigenvalue weighted by molar-refractivity contribution is 5.87. The fourth-order valence-corrected chi connectivity index (χ4v) is 5.95. The molecular formula is C34H35N5O8. The molecule has 6 rings (SSSR count). The minimum absolute atomic E-state index is 0.0360. The molecule has 4 unspecified atom stereocenters. The molecule has 3 heterocycles. The van der Waals surface area contributed by atoms with Crippen LogP contribution in [0.1, 0.15) is 29.8 Å². The maximum atomic E-state index is 12.7. The molecule has 3 N–H and O–H groups in total. The van der Waals surface area contributed by atoms with Crippen molar-refractivity contribution in [3.8, 4) is 11.5 Å². The number of ether oxygens (including phenoxy) is 5. The number of H-pyrrole nitrogens is 1. The molecule has 13 nitrogen and oxygen atoms in total. The van der Waals surface area contributed by atoms with Gasteiger partial charge in [-0.25, -0.2) is 4.98 Å². The van der Waals surface area contributed by atoms with E-state index in [9.17, 15) is 14.7 Å². The summed E-state index contributed by atoms with van der Waals surface area (Å²) in [4.78, 5) is 35.4. The molecule has 1 saturated heterocycles. The quantitative estimate of drug-likeness (QED) is 0.183. The van der Waals surface area contributed by atoms with Crippen molar-refractivity contribution in [3.63, 3.8) is 0 Å². The van der Waals surface area contributed by atoms with Crippen molar-refractivity contribution in [2.45, 2.75) is 37.1 Å². The van der Waals surface area contributed by atoms with E-state index in [1.165, 1.54) is 24.9 Å². The number of rotatable bonds is 11. The van der Waals surface area contributed by atoms with Gasteiger partial charge in [-0.2, -0.15) is 4.98 Å². The molecule has 0 aliphatic carbocycles. The number of hydrogen-bond donors (Lipinski definition) is 3. The number of fused-ring (bicyclic) bond motifs is 1. The van der Waals surface area contributed by atoms with E-state index >= 15 is 0 Å². The number of benzene rings is 3. The number of anilines is 1. The molecule has 47 heavy (non-hydrogen) atoms. The standard InChI is InChI=1S/C34H35N5O8/c1-20(40)36-33-37-30-27(31(42)38-33)35-19-39(30)32-29(45-4)28(41)26(47-32)18-46-34(21-8-6-5-7-9-21,22-10-14-24(43-2)15-11-22)23-12-16-25(44-3)17-13-23/h5-17,19,26,28-29,32,41H,18H2,1-4H3,(H2,36,37,38,40,42). The molecule has 1 aliphatic rings. The van der Waals surface area contributed by atoms with Gasteiger partial charge in [-0.15, -0.1) is 0 Å². The lowest BCUT2D eigenvalue weighted by atomic mass is 9.80. The molecule has 3 aromatic carbocycles. The summed E-state index contributed by atoms with van der Waals surface area (Å²) in [5, 5.41) is 14.0. The Bertz CT molecular complexity index is 1850. The molecule has 1 fully saturated rings. The van der Waals surface area contributed by atoms with Crippen LogP contribution in [0, 0.1) is 0 Å². The van der Waals surface area contributed by atoms with E-state index in [1.54, 1.807) is 14.2 Å². The monoisotopic (exact) mass is 641 g/mol. The Balaban J connectivity index is 1.39. The fourth-order valence-electron chi connectivity index (χ4n) is 5.95. The van der Waals surface area contributed by atoms with Gasteiger partial charge in [-0.1, -0.05) is 54.6 Å². The smallest absolute Gasteiger partial charge is 0.280 e. The number of aromatic nitrogens is 4. The summed E-state index contributed by atoms with van der Waals surface area (Å²) >= 11 is 0. The van der Waals surface area contributed by atoms with Crippen molar-refractivity contribution < 1.29 is 33.6 Å². The minimum atomic E-state index is -1.15. The van der Waals surface area contributed by atoms with Gasteiger partial charge in [0, 0.05) is 14.0 Å². The lowest BCUT2D eigenvalue weighted by Crippen LogP contribution is -2.40. The summed E-state index contributed by atoms with van der Waals surface area (Å²) in [7, 11) is 4.67. The van der Waals surface area contributed by atoms with Gasteiger partial charge >= 0.3 is 0 Å². The van der Waals surface area contributed by atoms with Gasteiger partial charge in [-0.3, -0.25) is 24.5 Å². The van der Waals surface area contributed by atoms with Crippen LogP contribution in [0.3, 0.4) is 0 Å². The number of amides is 1. The number of nitrogens with one attached hydrogen (secondary N) is 2. The van der Waals surface area contributed by atoms with E-state index in [2.05, 4.69) is 20.3 Å². The highest BCUT2D eigenvalue weighted by Gasteiger charge is 2.48. The van der Waals surface area contributed by atoms with Gasteiger partial charge in [0.05, 0.1) is 27.2 Å². The Morgan fingerprint density at radius 3 is 2.11 bits per heavy atom. The van der Waals surface area contributed by atoms with Gasteiger partial charge < -0.3 is 28.8 Å². The minimum Gasteiger partial charge on any atom is -0.497 e. The predicted molar refractivity (Wildman–Crippen MR) is 171 cm³/mol. The summed E-state index contributed by atoms with van der Waals surface area (Å²) < 4.78 is 31.4. The maximum Gasteiger partial charge on any atom is 0.280 e. The fraction of sp³-hybridized carbons (Fsp3) is 0.294. The van der Waals surface area contributed by atoms with Crippen molar-refractivity contribution in [1.82, 2.24) is 19.5 Å². The van der Waals surface area contributed by atoms with Crippen LogP contribution in [-0.4, -0.2) is 76.8 Å². The van der Waals surface area contributed by atoms with Gasteiger partial charge in [-0.05, 0) is 41.0 Å². The Kier molecular flexibility index (Phi) is 9.05. The number of carbonyl (C=O) groups excluding carboxylic acids is 1. The third-order valence-corrected chi connectivity index (χ3v) is 8.22. The number of methoxy groups -OCH3 is 3. The first kappa shape index (κ1) is 31.9. The molecule has 5 aromatic rings. The van der Waals surface area contributed by atoms with Crippen molar-refractivity contribution in [2.75, 3.05) is 33.3 Å². The molecule has 4 atom stereocenters. The number of aliphatic hydroxyl groups excluding tert-OH is 1. The molecular weight excluding hydrogens is 606 g/mol. The summed E-state index contributed by atoms with van der Waals surface area (Å²) in [5.74, 6) is 0.921. The second kappa shape index (κ2) is 13.3. The molecule has 2 aromatic heterocycles. The zero-order valence-electron chi connectivity index (χ0n) is 26.2. The average Bonchev–Trinajstić information content (AvgIpc) is 3.66. The number of hydrogen-bond acceptors (Lipinski definition) is 10. The number of carbonyl (C=O) groups is 1. The average molecular weight is 642 g/mol. The van der Waals surface area contributed by atoms with Gasteiger partial charge in [0.15, 0.2) is 17.4 Å². The highest BCUT2D eigenvalue weighted by atomic mass is 16.6. The molecule has 1 aliphatic heterocycles. The number of aliphatic hydroxyl groups is 1. The molecule has 13 heteroatoms.